The third-order valence-corrected chi connectivity index (χ3v) is 3.74. The highest BCUT2D eigenvalue weighted by Gasteiger charge is 2.26. The van der Waals surface area contributed by atoms with E-state index in [1.54, 1.807) is 7.11 Å². The van der Waals surface area contributed by atoms with E-state index in [-0.39, 0.29) is 5.91 Å². The van der Waals surface area contributed by atoms with E-state index in [0.29, 0.717) is 5.92 Å². The molecule has 0 aromatic rings. The topological polar surface area (TPSA) is 41.6 Å². The Kier molecular flexibility index (Phi) is 4.18. The van der Waals surface area contributed by atoms with Crippen molar-refractivity contribution in [3.05, 3.63) is 11.1 Å². The molecule has 0 aliphatic carbocycles. The number of nitrogens with one attached hydrogen (secondary N) is 1. The lowest BCUT2D eigenvalue weighted by Gasteiger charge is -2.34. The first-order valence-electron chi connectivity index (χ1n) is 6.40. The van der Waals surface area contributed by atoms with E-state index in [1.165, 1.54) is 12.0 Å². The minimum absolute atomic E-state index is 0.224. The SMILES string of the molecule is COCC1CCCN(C(=O)C(C)=C2CNC2)C1. The van der Waals surface area contributed by atoms with Gasteiger partial charge in [0.2, 0.25) is 5.91 Å². The van der Waals surface area contributed by atoms with E-state index in [0.717, 1.165) is 44.8 Å². The van der Waals surface area contributed by atoms with E-state index in [9.17, 15) is 4.79 Å². The van der Waals surface area contributed by atoms with E-state index < -0.39 is 0 Å². The molecule has 0 radical (unpaired) electrons. The van der Waals surface area contributed by atoms with Gasteiger partial charge in [-0.15, -0.1) is 0 Å². The van der Waals surface area contributed by atoms with Crippen LogP contribution in [0.4, 0.5) is 0 Å². The lowest BCUT2D eigenvalue weighted by atomic mass is 9.97. The maximum absolute atomic E-state index is 12.3. The first-order chi connectivity index (χ1) is 8.22. The third-order valence-electron chi connectivity index (χ3n) is 3.74. The van der Waals surface area contributed by atoms with Crippen molar-refractivity contribution in [1.82, 2.24) is 10.2 Å². The molecular weight excluding hydrogens is 216 g/mol. The third kappa shape index (κ3) is 2.87. The number of rotatable bonds is 3. The van der Waals surface area contributed by atoms with Gasteiger partial charge in [0, 0.05) is 38.9 Å². The van der Waals surface area contributed by atoms with Gasteiger partial charge in [0.1, 0.15) is 0 Å². The average molecular weight is 238 g/mol. The zero-order valence-corrected chi connectivity index (χ0v) is 10.8. The number of piperidine rings is 1. The molecule has 4 heteroatoms. The van der Waals surface area contributed by atoms with Crippen molar-refractivity contribution in [2.24, 2.45) is 5.92 Å². The minimum atomic E-state index is 0.224. The molecule has 1 unspecified atom stereocenters. The van der Waals surface area contributed by atoms with Crippen LogP contribution in [0.5, 0.6) is 0 Å². The first kappa shape index (κ1) is 12.6. The standard InChI is InChI=1S/C13H22N2O2/c1-10(12-6-14-7-12)13(16)15-5-3-4-11(8-15)9-17-2/h11,14H,3-9H2,1-2H3. The number of carbonyl (C=O) groups excluding carboxylic acids is 1. The van der Waals surface area contributed by atoms with E-state index in [2.05, 4.69) is 5.32 Å². The van der Waals surface area contributed by atoms with Gasteiger partial charge >= 0.3 is 0 Å². The maximum Gasteiger partial charge on any atom is 0.249 e. The van der Waals surface area contributed by atoms with Crippen molar-refractivity contribution in [1.29, 1.82) is 0 Å². The number of ether oxygens (including phenoxy) is 1. The van der Waals surface area contributed by atoms with Crippen LogP contribution in [0.15, 0.2) is 11.1 Å². The second-order valence-electron chi connectivity index (χ2n) is 5.05. The van der Waals surface area contributed by atoms with Crippen molar-refractivity contribution >= 4 is 5.91 Å². The van der Waals surface area contributed by atoms with Crippen LogP contribution in [0.2, 0.25) is 0 Å². The number of nitrogens with zero attached hydrogens (tertiary/aromatic N) is 1. The Bertz CT molecular complexity index is 317. The van der Waals surface area contributed by atoms with Gasteiger partial charge in [0.05, 0.1) is 6.61 Å². The fourth-order valence-corrected chi connectivity index (χ4v) is 2.52. The summed E-state index contributed by atoms with van der Waals surface area (Å²) in [4.78, 5) is 14.3. The quantitative estimate of drug-likeness (QED) is 0.739. The Balaban J connectivity index is 1.94. The molecule has 2 heterocycles. The number of carbonyl (C=O) groups is 1. The molecule has 2 rings (SSSR count). The van der Waals surface area contributed by atoms with Gasteiger partial charge in [-0.2, -0.15) is 0 Å². The molecule has 2 saturated heterocycles. The molecule has 17 heavy (non-hydrogen) atoms. The monoisotopic (exact) mass is 238 g/mol. The molecule has 0 aromatic heterocycles. The van der Waals surface area contributed by atoms with Crippen LogP contribution >= 0.6 is 0 Å². The molecule has 0 spiro atoms. The molecule has 0 saturated carbocycles. The molecule has 1 N–H and O–H groups in total. The summed E-state index contributed by atoms with van der Waals surface area (Å²) in [5, 5.41) is 3.18. The van der Waals surface area contributed by atoms with Crippen LogP contribution in [0, 0.1) is 5.92 Å². The number of hydrogen-bond acceptors (Lipinski definition) is 3. The smallest absolute Gasteiger partial charge is 0.249 e. The Labute approximate surface area is 103 Å². The number of hydrogen-bond donors (Lipinski definition) is 1. The average Bonchev–Trinajstić information content (AvgIpc) is 2.26. The van der Waals surface area contributed by atoms with Gasteiger partial charge in [-0.05, 0) is 31.3 Å². The minimum Gasteiger partial charge on any atom is -0.384 e. The first-order valence-corrected chi connectivity index (χ1v) is 6.40. The van der Waals surface area contributed by atoms with Crippen molar-refractivity contribution in [2.45, 2.75) is 19.8 Å². The second kappa shape index (κ2) is 5.65. The van der Waals surface area contributed by atoms with Crippen LogP contribution < -0.4 is 5.32 Å². The number of methoxy groups -OCH3 is 1. The Hall–Kier alpha value is -0.870. The van der Waals surface area contributed by atoms with Crippen molar-refractivity contribution < 1.29 is 9.53 Å². The highest BCUT2D eigenvalue weighted by molar-refractivity contribution is 5.94. The molecule has 2 aliphatic rings. The highest BCUT2D eigenvalue weighted by atomic mass is 16.5. The maximum atomic E-state index is 12.3. The molecule has 1 atom stereocenters. The van der Waals surface area contributed by atoms with Gasteiger partial charge < -0.3 is 15.0 Å². The normalized spacial score (nSPS) is 24.5. The second-order valence-corrected chi connectivity index (χ2v) is 5.05. The molecule has 96 valence electrons. The molecule has 1 amide bonds. The zero-order chi connectivity index (χ0) is 12.3. The van der Waals surface area contributed by atoms with Crippen molar-refractivity contribution in [3.63, 3.8) is 0 Å². The Morgan fingerprint density at radius 3 is 2.88 bits per heavy atom. The Morgan fingerprint density at radius 1 is 1.53 bits per heavy atom. The predicted octanol–water partition coefficient (Wildman–Crippen LogP) is 0.791. The van der Waals surface area contributed by atoms with Gasteiger partial charge in [0.25, 0.3) is 0 Å². The van der Waals surface area contributed by atoms with Gasteiger partial charge in [0.15, 0.2) is 0 Å². The van der Waals surface area contributed by atoms with Gasteiger partial charge in [-0.25, -0.2) is 0 Å². The summed E-state index contributed by atoms with van der Waals surface area (Å²) in [7, 11) is 1.73. The summed E-state index contributed by atoms with van der Waals surface area (Å²) in [5.74, 6) is 0.734. The summed E-state index contributed by atoms with van der Waals surface area (Å²) in [5.41, 5.74) is 2.21. The fourth-order valence-electron chi connectivity index (χ4n) is 2.52. The van der Waals surface area contributed by atoms with Gasteiger partial charge in [-0.1, -0.05) is 0 Å². The van der Waals surface area contributed by atoms with Crippen LogP contribution in [0.3, 0.4) is 0 Å². The van der Waals surface area contributed by atoms with Crippen LogP contribution in [-0.4, -0.2) is 50.7 Å². The number of likely N-dealkylation sites (tertiary alicyclic amines) is 1. The molecule has 2 aliphatic heterocycles. The van der Waals surface area contributed by atoms with E-state index in [1.807, 2.05) is 11.8 Å². The predicted molar refractivity (Wildman–Crippen MR) is 66.7 cm³/mol. The van der Waals surface area contributed by atoms with Crippen LogP contribution in [0.25, 0.3) is 0 Å². The molecular formula is C13H22N2O2. The van der Waals surface area contributed by atoms with Crippen molar-refractivity contribution in [2.75, 3.05) is 39.9 Å². The fraction of sp³-hybridized carbons (Fsp3) is 0.769. The number of amides is 1. The largest absolute Gasteiger partial charge is 0.384 e. The Morgan fingerprint density at radius 2 is 2.29 bits per heavy atom. The highest BCUT2D eigenvalue weighted by Crippen LogP contribution is 2.20. The summed E-state index contributed by atoms with van der Waals surface area (Å²) in [6, 6.07) is 0. The zero-order valence-electron chi connectivity index (χ0n) is 10.8. The molecule has 0 aromatic carbocycles. The lowest BCUT2D eigenvalue weighted by molar-refractivity contribution is -0.129. The van der Waals surface area contributed by atoms with Crippen LogP contribution in [0.1, 0.15) is 19.8 Å². The van der Waals surface area contributed by atoms with Crippen molar-refractivity contribution in [3.8, 4) is 0 Å². The summed E-state index contributed by atoms with van der Waals surface area (Å²) < 4.78 is 5.19. The molecule has 0 bridgehead atoms. The summed E-state index contributed by atoms with van der Waals surface area (Å²) >= 11 is 0. The van der Waals surface area contributed by atoms with E-state index in [4.69, 9.17) is 4.74 Å². The lowest BCUT2D eigenvalue weighted by Crippen LogP contribution is -2.43. The molecule has 2 fully saturated rings. The van der Waals surface area contributed by atoms with E-state index >= 15 is 0 Å². The van der Waals surface area contributed by atoms with Gasteiger partial charge in [-0.3, -0.25) is 4.79 Å². The molecule has 4 nitrogen and oxygen atoms in total. The van der Waals surface area contributed by atoms with Crippen LogP contribution in [-0.2, 0) is 9.53 Å². The summed E-state index contributed by atoms with van der Waals surface area (Å²) in [6.45, 7) is 6.24. The summed E-state index contributed by atoms with van der Waals surface area (Å²) in [6.07, 6.45) is 2.27.